The minimum atomic E-state index is 0.749. The number of nitrogens with one attached hydrogen (secondary N) is 1. The second-order valence-corrected chi connectivity index (χ2v) is 4.41. The van der Waals surface area contributed by atoms with Crippen molar-refractivity contribution < 1.29 is 4.74 Å². The van der Waals surface area contributed by atoms with E-state index in [1.54, 1.807) is 0 Å². The Bertz CT molecular complexity index is 136. The standard InChI is InChI=1S/C11H23NO/c1-4-6-13-7-5-10-11(12-10)8-9(2)3/h9-12H,4-8H2,1-3H3. The average Bonchev–Trinajstić information content (AvgIpc) is 2.76. The van der Waals surface area contributed by atoms with Gasteiger partial charge in [-0.1, -0.05) is 20.8 Å². The van der Waals surface area contributed by atoms with Crippen LogP contribution in [0.2, 0.25) is 0 Å². The van der Waals surface area contributed by atoms with Gasteiger partial charge in [0.15, 0.2) is 0 Å². The summed E-state index contributed by atoms with van der Waals surface area (Å²) in [6.07, 6.45) is 3.64. The van der Waals surface area contributed by atoms with E-state index in [0.29, 0.717) is 0 Å². The largest absolute Gasteiger partial charge is 0.381 e. The van der Waals surface area contributed by atoms with Crippen LogP contribution in [0.1, 0.15) is 40.0 Å². The third kappa shape index (κ3) is 4.63. The first kappa shape index (κ1) is 11.0. The molecule has 78 valence electrons. The molecule has 1 rings (SSSR count). The Morgan fingerprint density at radius 2 is 2.00 bits per heavy atom. The summed E-state index contributed by atoms with van der Waals surface area (Å²) in [5.74, 6) is 0.819. The Kier molecular flexibility index (Phi) is 4.74. The predicted molar refractivity (Wildman–Crippen MR) is 55.9 cm³/mol. The average molecular weight is 185 g/mol. The monoisotopic (exact) mass is 185 g/mol. The van der Waals surface area contributed by atoms with Crippen molar-refractivity contribution in [1.29, 1.82) is 0 Å². The lowest BCUT2D eigenvalue weighted by molar-refractivity contribution is 0.132. The molecule has 0 aliphatic carbocycles. The van der Waals surface area contributed by atoms with E-state index < -0.39 is 0 Å². The summed E-state index contributed by atoms with van der Waals surface area (Å²) in [4.78, 5) is 0. The second-order valence-electron chi connectivity index (χ2n) is 4.41. The first-order chi connectivity index (χ1) is 6.24. The topological polar surface area (TPSA) is 31.2 Å². The van der Waals surface area contributed by atoms with E-state index in [0.717, 1.165) is 37.6 Å². The molecule has 1 saturated heterocycles. The first-order valence-corrected chi connectivity index (χ1v) is 5.57. The van der Waals surface area contributed by atoms with Crippen molar-refractivity contribution in [1.82, 2.24) is 5.32 Å². The van der Waals surface area contributed by atoms with Gasteiger partial charge in [0.2, 0.25) is 0 Å². The molecule has 0 radical (unpaired) electrons. The Morgan fingerprint density at radius 1 is 1.23 bits per heavy atom. The molecular weight excluding hydrogens is 162 g/mol. The van der Waals surface area contributed by atoms with Crippen LogP contribution >= 0.6 is 0 Å². The number of ether oxygens (including phenoxy) is 1. The summed E-state index contributed by atoms with van der Waals surface area (Å²) >= 11 is 0. The summed E-state index contributed by atoms with van der Waals surface area (Å²) in [5, 5.41) is 3.50. The molecule has 2 nitrogen and oxygen atoms in total. The van der Waals surface area contributed by atoms with Gasteiger partial charge in [-0.05, 0) is 25.2 Å². The molecule has 2 atom stereocenters. The molecule has 1 aliphatic rings. The fraction of sp³-hybridized carbons (Fsp3) is 1.00. The smallest absolute Gasteiger partial charge is 0.0481 e. The molecule has 1 fully saturated rings. The molecule has 0 aromatic rings. The zero-order chi connectivity index (χ0) is 9.68. The summed E-state index contributed by atoms with van der Waals surface area (Å²) in [6.45, 7) is 8.56. The Labute approximate surface area is 82.0 Å². The van der Waals surface area contributed by atoms with E-state index >= 15 is 0 Å². The Hall–Kier alpha value is -0.0800. The Morgan fingerprint density at radius 3 is 2.62 bits per heavy atom. The predicted octanol–water partition coefficient (Wildman–Crippen LogP) is 2.19. The highest BCUT2D eigenvalue weighted by molar-refractivity contribution is 4.97. The minimum Gasteiger partial charge on any atom is -0.381 e. The highest BCUT2D eigenvalue weighted by atomic mass is 16.5. The van der Waals surface area contributed by atoms with Crippen molar-refractivity contribution in [3.05, 3.63) is 0 Å². The van der Waals surface area contributed by atoms with Crippen LogP contribution in [-0.2, 0) is 4.74 Å². The van der Waals surface area contributed by atoms with E-state index in [1.807, 2.05) is 0 Å². The van der Waals surface area contributed by atoms with Gasteiger partial charge in [0, 0.05) is 25.3 Å². The molecule has 1 heterocycles. The van der Waals surface area contributed by atoms with Gasteiger partial charge in [0.1, 0.15) is 0 Å². The third-order valence-corrected chi connectivity index (χ3v) is 2.45. The van der Waals surface area contributed by atoms with Crippen LogP contribution in [0.3, 0.4) is 0 Å². The molecule has 0 bridgehead atoms. The summed E-state index contributed by atoms with van der Waals surface area (Å²) in [7, 11) is 0. The molecule has 0 spiro atoms. The van der Waals surface area contributed by atoms with Crippen molar-refractivity contribution >= 4 is 0 Å². The zero-order valence-corrected chi connectivity index (χ0v) is 9.18. The molecule has 2 heteroatoms. The number of rotatable bonds is 7. The molecule has 2 unspecified atom stereocenters. The van der Waals surface area contributed by atoms with Crippen LogP contribution in [0.25, 0.3) is 0 Å². The number of hydrogen-bond acceptors (Lipinski definition) is 2. The molecule has 0 saturated carbocycles. The van der Waals surface area contributed by atoms with E-state index in [-0.39, 0.29) is 0 Å². The Balaban J connectivity index is 1.89. The van der Waals surface area contributed by atoms with E-state index in [9.17, 15) is 0 Å². The van der Waals surface area contributed by atoms with E-state index in [2.05, 4.69) is 26.1 Å². The van der Waals surface area contributed by atoms with Crippen LogP contribution in [0.5, 0.6) is 0 Å². The molecule has 0 aromatic carbocycles. The first-order valence-electron chi connectivity index (χ1n) is 5.57. The van der Waals surface area contributed by atoms with Gasteiger partial charge in [-0.3, -0.25) is 0 Å². The van der Waals surface area contributed by atoms with Crippen molar-refractivity contribution in [3.8, 4) is 0 Å². The van der Waals surface area contributed by atoms with Crippen LogP contribution in [-0.4, -0.2) is 25.3 Å². The molecule has 1 N–H and O–H groups in total. The molecule has 13 heavy (non-hydrogen) atoms. The van der Waals surface area contributed by atoms with Crippen molar-refractivity contribution in [3.63, 3.8) is 0 Å². The van der Waals surface area contributed by atoms with Crippen LogP contribution in [0.15, 0.2) is 0 Å². The summed E-state index contributed by atoms with van der Waals surface area (Å²) in [6, 6.07) is 1.53. The lowest BCUT2D eigenvalue weighted by atomic mass is 10.1. The third-order valence-electron chi connectivity index (χ3n) is 2.45. The quantitative estimate of drug-likeness (QED) is 0.487. The van der Waals surface area contributed by atoms with Gasteiger partial charge in [-0.15, -0.1) is 0 Å². The fourth-order valence-electron chi connectivity index (χ4n) is 1.70. The maximum atomic E-state index is 5.45. The fourth-order valence-corrected chi connectivity index (χ4v) is 1.70. The van der Waals surface area contributed by atoms with E-state index in [4.69, 9.17) is 4.74 Å². The lowest BCUT2D eigenvalue weighted by Crippen LogP contribution is -2.03. The van der Waals surface area contributed by atoms with Gasteiger partial charge < -0.3 is 10.1 Å². The van der Waals surface area contributed by atoms with Crippen molar-refractivity contribution in [2.24, 2.45) is 5.92 Å². The highest BCUT2D eigenvalue weighted by Crippen LogP contribution is 2.21. The van der Waals surface area contributed by atoms with Crippen LogP contribution < -0.4 is 5.32 Å². The van der Waals surface area contributed by atoms with Gasteiger partial charge in [-0.25, -0.2) is 0 Å². The maximum absolute atomic E-state index is 5.45. The van der Waals surface area contributed by atoms with Gasteiger partial charge in [0.25, 0.3) is 0 Å². The van der Waals surface area contributed by atoms with Crippen LogP contribution in [0, 0.1) is 5.92 Å². The summed E-state index contributed by atoms with van der Waals surface area (Å²) < 4.78 is 5.45. The van der Waals surface area contributed by atoms with Gasteiger partial charge in [-0.2, -0.15) is 0 Å². The molecule has 1 aliphatic heterocycles. The SMILES string of the molecule is CCCOCCC1NC1CC(C)C. The summed E-state index contributed by atoms with van der Waals surface area (Å²) in [5.41, 5.74) is 0. The zero-order valence-electron chi connectivity index (χ0n) is 9.18. The minimum absolute atomic E-state index is 0.749. The van der Waals surface area contributed by atoms with Crippen molar-refractivity contribution in [2.45, 2.75) is 52.1 Å². The molecule has 0 amide bonds. The maximum Gasteiger partial charge on any atom is 0.0481 e. The number of hydrogen-bond donors (Lipinski definition) is 1. The molecule has 0 aromatic heterocycles. The normalized spacial score (nSPS) is 26.8. The van der Waals surface area contributed by atoms with Crippen molar-refractivity contribution in [2.75, 3.05) is 13.2 Å². The lowest BCUT2D eigenvalue weighted by Gasteiger charge is -2.02. The van der Waals surface area contributed by atoms with E-state index in [1.165, 1.54) is 12.8 Å². The highest BCUT2D eigenvalue weighted by Gasteiger charge is 2.35. The van der Waals surface area contributed by atoms with Gasteiger partial charge >= 0.3 is 0 Å². The van der Waals surface area contributed by atoms with Gasteiger partial charge in [0.05, 0.1) is 0 Å². The second kappa shape index (κ2) is 5.61. The van der Waals surface area contributed by atoms with Crippen LogP contribution in [0.4, 0.5) is 0 Å². The molecular formula is C11H23NO.